The monoisotopic (exact) mass is 372 g/mol. The summed E-state index contributed by atoms with van der Waals surface area (Å²) in [5.74, 6) is -1.08. The third kappa shape index (κ3) is 3.31. The molecule has 1 heterocycles. The summed E-state index contributed by atoms with van der Waals surface area (Å²) in [6.07, 6.45) is -0.876. The molecule has 0 atom stereocenters. The average molecular weight is 373 g/mol. The molecule has 126 valence electrons. The van der Waals surface area contributed by atoms with Gasteiger partial charge < -0.3 is 4.84 Å². The Morgan fingerprint density at radius 1 is 0.958 bits per heavy atom. The quantitative estimate of drug-likeness (QED) is 0.852. The Hall–Kier alpha value is -1.89. The van der Waals surface area contributed by atoms with E-state index in [1.54, 1.807) is 0 Å². The molecule has 4 nitrogen and oxygen atoms in total. The van der Waals surface area contributed by atoms with Gasteiger partial charge in [0.05, 0.1) is 0 Å². The highest BCUT2D eigenvalue weighted by molar-refractivity contribution is 6.31. The van der Waals surface area contributed by atoms with Crippen molar-refractivity contribution in [3.63, 3.8) is 0 Å². The molecule has 1 aliphatic heterocycles. The van der Waals surface area contributed by atoms with E-state index in [-0.39, 0.29) is 34.0 Å². The Morgan fingerprint density at radius 3 is 1.83 bits per heavy atom. The van der Waals surface area contributed by atoms with Gasteiger partial charge in [-0.3, -0.25) is 5.32 Å². The summed E-state index contributed by atoms with van der Waals surface area (Å²) in [7, 11) is 0. The van der Waals surface area contributed by atoms with E-state index in [0.29, 0.717) is 0 Å². The van der Waals surface area contributed by atoms with Crippen LogP contribution in [0.4, 0.5) is 13.6 Å². The minimum atomic E-state index is -1.28. The van der Waals surface area contributed by atoms with Gasteiger partial charge in [-0.2, -0.15) is 0 Å². The summed E-state index contributed by atoms with van der Waals surface area (Å²) in [4.78, 5) is 16.3. The fourth-order valence-corrected chi connectivity index (χ4v) is 3.08. The van der Waals surface area contributed by atoms with Crippen LogP contribution in [-0.2, 0) is 17.7 Å². The Morgan fingerprint density at radius 2 is 1.46 bits per heavy atom. The number of halogens is 4. The smallest absolute Gasteiger partial charge is 0.351 e. The number of nitrogens with one attached hydrogen (secondary N) is 2. The van der Waals surface area contributed by atoms with E-state index >= 15 is 0 Å². The van der Waals surface area contributed by atoms with E-state index < -0.39 is 23.4 Å². The molecule has 1 amide bonds. The maximum absolute atomic E-state index is 14.1. The van der Waals surface area contributed by atoms with Crippen LogP contribution in [0.15, 0.2) is 36.4 Å². The fraction of sp³-hybridized carbons (Fsp3) is 0.188. The first-order valence-electron chi connectivity index (χ1n) is 7.02. The van der Waals surface area contributed by atoms with Crippen LogP contribution < -0.4 is 10.8 Å². The van der Waals surface area contributed by atoms with Crippen molar-refractivity contribution in [2.24, 2.45) is 0 Å². The summed E-state index contributed by atoms with van der Waals surface area (Å²) in [5.41, 5.74) is 1.57. The van der Waals surface area contributed by atoms with Crippen LogP contribution in [0.2, 0.25) is 10.0 Å². The zero-order valence-electron chi connectivity index (χ0n) is 12.2. The molecular formula is C16H12Cl2F2N2O2. The van der Waals surface area contributed by atoms with Crippen LogP contribution in [0, 0.1) is 11.6 Å². The van der Waals surface area contributed by atoms with Crippen LogP contribution in [0.1, 0.15) is 11.1 Å². The number of carbonyl (C=O) groups excluding carboxylic acids is 1. The second kappa shape index (κ2) is 6.55. The number of rotatable bonds is 4. The van der Waals surface area contributed by atoms with E-state index in [0.717, 1.165) is 0 Å². The summed E-state index contributed by atoms with van der Waals surface area (Å²) in [6.45, 7) is 0. The van der Waals surface area contributed by atoms with Crippen molar-refractivity contribution in [3.05, 3.63) is 69.2 Å². The molecule has 24 heavy (non-hydrogen) atoms. The molecule has 1 saturated heterocycles. The van der Waals surface area contributed by atoms with Gasteiger partial charge >= 0.3 is 6.09 Å². The average Bonchev–Trinajstić information content (AvgIpc) is 2.89. The van der Waals surface area contributed by atoms with Gasteiger partial charge in [-0.05, 0) is 24.3 Å². The molecule has 3 rings (SSSR count). The second-order valence-electron chi connectivity index (χ2n) is 5.45. The maximum atomic E-state index is 14.1. The first kappa shape index (κ1) is 17.0. The second-order valence-corrected chi connectivity index (χ2v) is 6.27. The summed E-state index contributed by atoms with van der Waals surface area (Å²) in [5, 5.41) is 2.93. The van der Waals surface area contributed by atoms with Crippen LogP contribution in [0.5, 0.6) is 0 Å². The largest absolute Gasteiger partial charge is 0.427 e. The lowest BCUT2D eigenvalue weighted by Crippen LogP contribution is -2.53. The third-order valence-electron chi connectivity index (χ3n) is 3.76. The lowest BCUT2D eigenvalue weighted by Gasteiger charge is -2.28. The highest BCUT2D eigenvalue weighted by atomic mass is 35.5. The lowest BCUT2D eigenvalue weighted by atomic mass is 9.92. The molecule has 8 heteroatoms. The van der Waals surface area contributed by atoms with Crippen molar-refractivity contribution >= 4 is 29.3 Å². The number of amides is 1. The van der Waals surface area contributed by atoms with Crippen LogP contribution in [0.3, 0.4) is 0 Å². The SMILES string of the molecule is O=C1NC(Cc2c(F)cccc2Cl)(Cc2c(F)cccc2Cl)NO1. The van der Waals surface area contributed by atoms with Crippen molar-refractivity contribution in [2.75, 3.05) is 0 Å². The Kier molecular flexibility index (Phi) is 4.62. The maximum Gasteiger partial charge on any atom is 0.427 e. The molecule has 0 saturated carbocycles. The first-order chi connectivity index (χ1) is 11.4. The predicted molar refractivity (Wildman–Crippen MR) is 85.7 cm³/mol. The van der Waals surface area contributed by atoms with E-state index in [2.05, 4.69) is 10.8 Å². The number of hydrogen-bond acceptors (Lipinski definition) is 3. The van der Waals surface area contributed by atoms with Gasteiger partial charge in [-0.15, -0.1) is 5.48 Å². The summed E-state index contributed by atoms with van der Waals surface area (Å²) < 4.78 is 28.2. The number of benzene rings is 2. The number of hydroxylamine groups is 1. The van der Waals surface area contributed by atoms with Crippen LogP contribution in [0.25, 0.3) is 0 Å². The molecular weight excluding hydrogens is 361 g/mol. The van der Waals surface area contributed by atoms with E-state index in [1.165, 1.54) is 36.4 Å². The molecule has 0 aromatic heterocycles. The molecule has 0 radical (unpaired) electrons. The van der Waals surface area contributed by atoms with Gasteiger partial charge in [0.25, 0.3) is 0 Å². The standard InChI is InChI=1S/C16H12Cl2F2N2O2/c17-11-3-1-5-13(19)9(11)7-16(21-15(23)24-22-16)8-10-12(18)4-2-6-14(10)20/h1-6,22H,7-8H2,(H,21,23). The van der Waals surface area contributed by atoms with Crippen molar-refractivity contribution in [1.29, 1.82) is 0 Å². The molecule has 0 aliphatic carbocycles. The van der Waals surface area contributed by atoms with E-state index in [4.69, 9.17) is 28.0 Å². The van der Waals surface area contributed by atoms with Gasteiger partial charge in [0, 0.05) is 34.0 Å². The van der Waals surface area contributed by atoms with Gasteiger partial charge in [0.1, 0.15) is 17.3 Å². The molecule has 0 bridgehead atoms. The zero-order valence-corrected chi connectivity index (χ0v) is 13.7. The first-order valence-corrected chi connectivity index (χ1v) is 7.78. The van der Waals surface area contributed by atoms with Gasteiger partial charge in [-0.25, -0.2) is 13.6 Å². The number of carbonyl (C=O) groups is 1. The summed E-state index contributed by atoms with van der Waals surface area (Å²) in [6, 6.07) is 8.51. The lowest BCUT2D eigenvalue weighted by molar-refractivity contribution is 0.0916. The number of hydrogen-bond donors (Lipinski definition) is 2. The topological polar surface area (TPSA) is 50.4 Å². The van der Waals surface area contributed by atoms with Gasteiger partial charge in [0.15, 0.2) is 0 Å². The highest BCUT2D eigenvalue weighted by Gasteiger charge is 2.42. The molecule has 2 aromatic carbocycles. The van der Waals surface area contributed by atoms with E-state index in [1.807, 2.05) is 0 Å². The third-order valence-corrected chi connectivity index (χ3v) is 4.47. The molecule has 2 N–H and O–H groups in total. The Balaban J connectivity index is 1.99. The van der Waals surface area contributed by atoms with Crippen LogP contribution >= 0.6 is 23.2 Å². The van der Waals surface area contributed by atoms with Crippen molar-refractivity contribution < 1.29 is 18.4 Å². The normalized spacial score (nSPS) is 15.9. The van der Waals surface area contributed by atoms with Crippen molar-refractivity contribution in [1.82, 2.24) is 10.8 Å². The minimum absolute atomic E-state index is 0.0606. The Labute approximate surface area is 146 Å². The predicted octanol–water partition coefficient (Wildman–Crippen LogP) is 4.00. The molecule has 1 aliphatic rings. The molecule has 2 aromatic rings. The summed E-state index contributed by atoms with van der Waals surface area (Å²) >= 11 is 12.1. The fourth-order valence-electron chi connectivity index (χ4n) is 2.62. The van der Waals surface area contributed by atoms with Crippen LogP contribution in [-0.4, -0.2) is 11.8 Å². The highest BCUT2D eigenvalue weighted by Crippen LogP contribution is 2.30. The molecule has 0 spiro atoms. The van der Waals surface area contributed by atoms with E-state index in [9.17, 15) is 13.6 Å². The van der Waals surface area contributed by atoms with Crippen molar-refractivity contribution in [3.8, 4) is 0 Å². The molecule has 0 unspecified atom stereocenters. The van der Waals surface area contributed by atoms with Crippen molar-refractivity contribution in [2.45, 2.75) is 18.5 Å². The van der Waals surface area contributed by atoms with Gasteiger partial charge in [0.2, 0.25) is 0 Å². The molecule has 1 fully saturated rings. The zero-order chi connectivity index (χ0) is 17.3. The minimum Gasteiger partial charge on any atom is -0.351 e. The van der Waals surface area contributed by atoms with Gasteiger partial charge in [-0.1, -0.05) is 35.3 Å². The Bertz CT molecular complexity index is 708.